The molecule has 1 atom stereocenters. The molecule has 19 heavy (non-hydrogen) atoms. The molecule has 1 unspecified atom stereocenters. The van der Waals surface area contributed by atoms with Gasteiger partial charge in [0.15, 0.2) is 0 Å². The summed E-state index contributed by atoms with van der Waals surface area (Å²) < 4.78 is 0. The van der Waals surface area contributed by atoms with Gasteiger partial charge < -0.3 is 15.1 Å². The standard InChI is InChI=1S/C16H33N3/c1-14(15-8-11-18(2)12-9-15)17-10-13-19(3)16-6-4-5-7-16/h14-17H,4-13H2,1-3H3. The lowest BCUT2D eigenvalue weighted by Gasteiger charge is -2.33. The van der Waals surface area contributed by atoms with Gasteiger partial charge in [-0.25, -0.2) is 0 Å². The van der Waals surface area contributed by atoms with Crippen LogP contribution in [0.1, 0.15) is 45.4 Å². The van der Waals surface area contributed by atoms with E-state index in [2.05, 4.69) is 36.1 Å². The highest BCUT2D eigenvalue weighted by atomic mass is 15.1. The maximum atomic E-state index is 3.76. The number of likely N-dealkylation sites (N-methyl/N-ethyl adjacent to an activating group) is 1. The maximum Gasteiger partial charge on any atom is 0.0107 e. The van der Waals surface area contributed by atoms with Crippen molar-refractivity contribution in [1.29, 1.82) is 0 Å². The zero-order valence-electron chi connectivity index (χ0n) is 13.2. The van der Waals surface area contributed by atoms with Crippen molar-refractivity contribution in [1.82, 2.24) is 15.1 Å². The first-order chi connectivity index (χ1) is 9.16. The molecule has 2 rings (SSSR count). The predicted octanol–water partition coefficient (Wildman–Crippen LogP) is 2.18. The highest BCUT2D eigenvalue weighted by Crippen LogP contribution is 2.22. The van der Waals surface area contributed by atoms with Crippen LogP contribution in [0.5, 0.6) is 0 Å². The molecule has 0 spiro atoms. The summed E-state index contributed by atoms with van der Waals surface area (Å²) in [6.07, 6.45) is 8.44. The molecule has 1 aliphatic carbocycles. The minimum absolute atomic E-state index is 0.686. The molecular weight excluding hydrogens is 234 g/mol. The van der Waals surface area contributed by atoms with Gasteiger partial charge in [-0.05, 0) is 65.7 Å². The number of hydrogen-bond donors (Lipinski definition) is 1. The number of rotatable bonds is 6. The third-order valence-corrected chi connectivity index (χ3v) is 5.35. The second-order valence-corrected chi connectivity index (χ2v) is 6.80. The van der Waals surface area contributed by atoms with E-state index >= 15 is 0 Å². The van der Waals surface area contributed by atoms with E-state index in [0.717, 1.165) is 18.5 Å². The Kier molecular flexibility index (Phi) is 6.11. The average Bonchev–Trinajstić information content (AvgIpc) is 2.93. The summed E-state index contributed by atoms with van der Waals surface area (Å²) in [5.41, 5.74) is 0. The van der Waals surface area contributed by atoms with Gasteiger partial charge in [0.1, 0.15) is 0 Å². The predicted molar refractivity (Wildman–Crippen MR) is 82.6 cm³/mol. The van der Waals surface area contributed by atoms with E-state index in [1.165, 1.54) is 58.2 Å². The van der Waals surface area contributed by atoms with Crippen LogP contribution in [0, 0.1) is 5.92 Å². The van der Waals surface area contributed by atoms with E-state index in [0.29, 0.717) is 6.04 Å². The van der Waals surface area contributed by atoms with E-state index in [4.69, 9.17) is 0 Å². The third kappa shape index (κ3) is 4.73. The Hall–Kier alpha value is -0.120. The molecule has 1 aliphatic heterocycles. The molecule has 0 aromatic heterocycles. The lowest BCUT2D eigenvalue weighted by molar-refractivity contribution is 0.184. The van der Waals surface area contributed by atoms with Crippen LogP contribution < -0.4 is 5.32 Å². The van der Waals surface area contributed by atoms with Crippen LogP contribution in [0.4, 0.5) is 0 Å². The minimum atomic E-state index is 0.686. The molecule has 0 radical (unpaired) electrons. The van der Waals surface area contributed by atoms with E-state index in [9.17, 15) is 0 Å². The largest absolute Gasteiger partial charge is 0.313 e. The highest BCUT2D eigenvalue weighted by Gasteiger charge is 2.22. The summed E-state index contributed by atoms with van der Waals surface area (Å²) in [4.78, 5) is 5.03. The van der Waals surface area contributed by atoms with Crippen LogP contribution in [0.3, 0.4) is 0 Å². The molecule has 0 aromatic carbocycles. The number of piperidine rings is 1. The molecule has 0 bridgehead atoms. The SMILES string of the molecule is CC(NCCN(C)C1CCCC1)C1CCN(C)CC1. The molecule has 3 heteroatoms. The Morgan fingerprint density at radius 1 is 1.16 bits per heavy atom. The van der Waals surface area contributed by atoms with E-state index < -0.39 is 0 Å². The van der Waals surface area contributed by atoms with Crippen molar-refractivity contribution in [3.05, 3.63) is 0 Å². The summed E-state index contributed by atoms with van der Waals surface area (Å²) in [6.45, 7) is 7.30. The van der Waals surface area contributed by atoms with Crippen molar-refractivity contribution in [2.75, 3.05) is 40.3 Å². The molecular formula is C16H33N3. The van der Waals surface area contributed by atoms with Gasteiger partial charge in [-0.1, -0.05) is 12.8 Å². The first-order valence-electron chi connectivity index (χ1n) is 8.29. The quantitative estimate of drug-likeness (QED) is 0.796. The number of likely N-dealkylation sites (tertiary alicyclic amines) is 1. The van der Waals surface area contributed by atoms with Gasteiger partial charge in [0.25, 0.3) is 0 Å². The number of nitrogens with zero attached hydrogens (tertiary/aromatic N) is 2. The summed E-state index contributed by atoms with van der Waals surface area (Å²) in [6, 6.07) is 1.55. The first-order valence-corrected chi connectivity index (χ1v) is 8.29. The second-order valence-electron chi connectivity index (χ2n) is 6.80. The molecule has 2 aliphatic rings. The fourth-order valence-corrected chi connectivity index (χ4v) is 3.69. The zero-order valence-corrected chi connectivity index (χ0v) is 13.2. The Labute approximate surface area is 119 Å². The van der Waals surface area contributed by atoms with Crippen LogP contribution >= 0.6 is 0 Å². The van der Waals surface area contributed by atoms with Crippen LogP contribution in [-0.4, -0.2) is 62.2 Å². The summed E-state index contributed by atoms with van der Waals surface area (Å²) in [5, 5.41) is 3.76. The van der Waals surface area contributed by atoms with Gasteiger partial charge in [-0.2, -0.15) is 0 Å². The molecule has 1 heterocycles. The minimum Gasteiger partial charge on any atom is -0.313 e. The van der Waals surface area contributed by atoms with Crippen LogP contribution in [0.25, 0.3) is 0 Å². The van der Waals surface area contributed by atoms with Crippen molar-refractivity contribution in [2.24, 2.45) is 5.92 Å². The van der Waals surface area contributed by atoms with Crippen molar-refractivity contribution < 1.29 is 0 Å². The second kappa shape index (κ2) is 7.61. The van der Waals surface area contributed by atoms with E-state index in [-0.39, 0.29) is 0 Å². The van der Waals surface area contributed by atoms with Gasteiger partial charge in [0.05, 0.1) is 0 Å². The van der Waals surface area contributed by atoms with Gasteiger partial charge in [-0.3, -0.25) is 0 Å². The Morgan fingerprint density at radius 2 is 1.79 bits per heavy atom. The average molecular weight is 267 g/mol. The molecule has 1 saturated heterocycles. The lowest BCUT2D eigenvalue weighted by atomic mass is 9.90. The Morgan fingerprint density at radius 3 is 2.42 bits per heavy atom. The molecule has 0 amide bonds. The number of nitrogens with one attached hydrogen (secondary N) is 1. The normalized spacial score (nSPS) is 25.3. The van der Waals surface area contributed by atoms with Gasteiger partial charge in [-0.15, -0.1) is 0 Å². The lowest BCUT2D eigenvalue weighted by Crippen LogP contribution is -2.43. The third-order valence-electron chi connectivity index (χ3n) is 5.35. The van der Waals surface area contributed by atoms with Crippen molar-refractivity contribution in [3.8, 4) is 0 Å². The van der Waals surface area contributed by atoms with Crippen molar-refractivity contribution in [2.45, 2.75) is 57.5 Å². The molecule has 112 valence electrons. The molecule has 3 nitrogen and oxygen atoms in total. The van der Waals surface area contributed by atoms with E-state index in [1.54, 1.807) is 0 Å². The molecule has 1 saturated carbocycles. The van der Waals surface area contributed by atoms with Gasteiger partial charge in [0.2, 0.25) is 0 Å². The topological polar surface area (TPSA) is 18.5 Å². The number of hydrogen-bond acceptors (Lipinski definition) is 3. The fourth-order valence-electron chi connectivity index (χ4n) is 3.69. The van der Waals surface area contributed by atoms with Crippen molar-refractivity contribution >= 4 is 0 Å². The summed E-state index contributed by atoms with van der Waals surface area (Å²) >= 11 is 0. The summed E-state index contributed by atoms with van der Waals surface area (Å²) in [7, 11) is 4.54. The van der Waals surface area contributed by atoms with E-state index in [1.807, 2.05) is 0 Å². The molecule has 2 fully saturated rings. The smallest absolute Gasteiger partial charge is 0.0107 e. The maximum absolute atomic E-state index is 3.76. The van der Waals surface area contributed by atoms with Gasteiger partial charge in [0, 0.05) is 25.2 Å². The molecule has 1 N–H and O–H groups in total. The van der Waals surface area contributed by atoms with Crippen LogP contribution in [0.15, 0.2) is 0 Å². The monoisotopic (exact) mass is 267 g/mol. The van der Waals surface area contributed by atoms with Gasteiger partial charge >= 0.3 is 0 Å². The van der Waals surface area contributed by atoms with Crippen LogP contribution in [-0.2, 0) is 0 Å². The molecule has 0 aromatic rings. The van der Waals surface area contributed by atoms with Crippen molar-refractivity contribution in [3.63, 3.8) is 0 Å². The zero-order chi connectivity index (χ0) is 13.7. The van der Waals surface area contributed by atoms with Crippen LogP contribution in [0.2, 0.25) is 0 Å². The first kappa shape index (κ1) is 15.3. The Bertz CT molecular complexity index is 242. The fraction of sp³-hybridized carbons (Fsp3) is 1.00. The highest BCUT2D eigenvalue weighted by molar-refractivity contribution is 4.80. The Balaban J connectivity index is 1.59. The summed E-state index contributed by atoms with van der Waals surface area (Å²) in [5.74, 6) is 0.882.